The maximum atomic E-state index is 11.7. The molecule has 0 saturated heterocycles. The molecule has 0 fully saturated rings. The molecule has 0 radical (unpaired) electrons. The van der Waals surface area contributed by atoms with Crippen LogP contribution in [0.3, 0.4) is 0 Å². The van der Waals surface area contributed by atoms with Crippen LogP contribution in [0, 0.1) is 0 Å². The average molecular weight is 329 g/mol. The number of hydrogen-bond acceptors (Lipinski definition) is 4. The third-order valence-corrected chi connectivity index (χ3v) is 3.09. The number of aromatic nitrogens is 2. The van der Waals surface area contributed by atoms with Crippen LogP contribution in [0.4, 0.5) is 4.79 Å². The summed E-state index contributed by atoms with van der Waals surface area (Å²) in [5.41, 5.74) is 0.875. The van der Waals surface area contributed by atoms with Gasteiger partial charge in [-0.1, -0.05) is 31.5 Å². The first-order chi connectivity index (χ1) is 11.6. The third-order valence-electron chi connectivity index (χ3n) is 3.09. The minimum Gasteiger partial charge on any atom is -0.478 e. The maximum Gasteiger partial charge on any atom is 0.434 e. The van der Waals surface area contributed by atoms with Crippen molar-refractivity contribution in [1.82, 2.24) is 9.78 Å². The summed E-state index contributed by atoms with van der Waals surface area (Å²) in [6, 6.07) is 11.4. The van der Waals surface area contributed by atoms with Gasteiger partial charge in [0.25, 0.3) is 0 Å². The number of unbranched alkanes of at least 4 members (excludes halogenated alkanes) is 1. The van der Waals surface area contributed by atoms with Gasteiger partial charge in [-0.15, -0.1) is 0 Å². The molecule has 1 amide bonds. The van der Waals surface area contributed by atoms with E-state index in [4.69, 9.17) is 9.47 Å². The molecule has 0 saturated carbocycles. The van der Waals surface area contributed by atoms with Crippen molar-refractivity contribution in [2.75, 3.05) is 6.61 Å². The van der Waals surface area contributed by atoms with E-state index in [-0.39, 0.29) is 6.10 Å². The van der Waals surface area contributed by atoms with Gasteiger partial charge in [0.05, 0.1) is 30.0 Å². The monoisotopic (exact) mass is 329 g/mol. The molecule has 2 rings (SSSR count). The standard InChI is InChI=1S/C18H23N3O3/c1-4-5-11-23-17-12-15(20-18(22)24-14(2)3)13-19-21(17)16-9-7-6-8-10-16/h6-10,12-14H,4-5,11H2,1-3H3. The van der Waals surface area contributed by atoms with Crippen molar-refractivity contribution in [1.29, 1.82) is 0 Å². The van der Waals surface area contributed by atoms with E-state index < -0.39 is 6.09 Å². The second kappa shape index (κ2) is 8.86. The van der Waals surface area contributed by atoms with Crippen LogP contribution in [0.1, 0.15) is 33.6 Å². The third kappa shape index (κ3) is 5.22. The summed E-state index contributed by atoms with van der Waals surface area (Å²) in [4.78, 5) is 15.6. The lowest BCUT2D eigenvalue weighted by Crippen LogP contribution is -2.17. The van der Waals surface area contributed by atoms with E-state index in [0.29, 0.717) is 17.8 Å². The molecule has 1 aromatic carbocycles. The van der Waals surface area contributed by atoms with Crippen molar-refractivity contribution in [3.05, 3.63) is 48.0 Å². The lowest BCUT2D eigenvalue weighted by Gasteiger charge is -2.13. The highest BCUT2D eigenvalue weighted by Crippen LogP contribution is 2.14. The van der Waals surface area contributed by atoms with E-state index >= 15 is 0 Å². The van der Waals surface area contributed by atoms with Crippen LogP contribution in [0.15, 0.2) is 47.6 Å². The Morgan fingerprint density at radius 1 is 1.29 bits per heavy atom. The molecular weight excluding hydrogens is 306 g/mol. The fourth-order valence-corrected chi connectivity index (χ4v) is 1.98. The number of hydrogen-bond donors (Lipinski definition) is 0. The van der Waals surface area contributed by atoms with E-state index in [1.54, 1.807) is 24.6 Å². The Hall–Kier alpha value is -2.63. The van der Waals surface area contributed by atoms with Crippen molar-refractivity contribution in [3.8, 4) is 11.6 Å². The van der Waals surface area contributed by atoms with Gasteiger partial charge in [0.15, 0.2) is 0 Å². The number of benzene rings is 1. The number of carbonyl (C=O) groups is 1. The van der Waals surface area contributed by atoms with Gasteiger partial charge in [0, 0.05) is 6.07 Å². The molecule has 0 N–H and O–H groups in total. The minimum absolute atomic E-state index is 0.215. The maximum absolute atomic E-state index is 11.7. The SMILES string of the molecule is CCCCOc1cc(=NC(=O)OC(C)C)cnn1-c1ccccc1. The van der Waals surface area contributed by atoms with E-state index in [0.717, 1.165) is 18.5 Å². The number of nitrogens with zero attached hydrogens (tertiary/aromatic N) is 3. The Kier molecular flexibility index (Phi) is 6.54. The molecule has 0 spiro atoms. The lowest BCUT2D eigenvalue weighted by molar-refractivity contribution is 0.125. The number of amides is 1. The molecule has 0 aliphatic rings. The summed E-state index contributed by atoms with van der Waals surface area (Å²) in [6.45, 7) is 6.23. The largest absolute Gasteiger partial charge is 0.478 e. The van der Waals surface area contributed by atoms with Gasteiger partial charge in [-0.05, 0) is 32.4 Å². The predicted molar refractivity (Wildman–Crippen MR) is 91.1 cm³/mol. The summed E-state index contributed by atoms with van der Waals surface area (Å²) in [5.74, 6) is 0.535. The molecule has 1 heterocycles. The summed E-state index contributed by atoms with van der Waals surface area (Å²) < 4.78 is 12.5. The Balaban J connectivity index is 2.35. The summed E-state index contributed by atoms with van der Waals surface area (Å²) in [6.07, 6.45) is 2.63. The lowest BCUT2D eigenvalue weighted by atomic mass is 10.3. The van der Waals surface area contributed by atoms with E-state index in [9.17, 15) is 4.79 Å². The van der Waals surface area contributed by atoms with Crippen molar-refractivity contribution in [2.45, 2.75) is 39.7 Å². The predicted octanol–water partition coefficient (Wildman–Crippen LogP) is 3.50. The van der Waals surface area contributed by atoms with Crippen molar-refractivity contribution in [2.24, 2.45) is 4.99 Å². The molecule has 0 bridgehead atoms. The fraction of sp³-hybridized carbons (Fsp3) is 0.389. The molecule has 0 aliphatic carbocycles. The number of carbonyl (C=O) groups excluding carboxylic acids is 1. The van der Waals surface area contributed by atoms with Crippen LogP contribution in [0.5, 0.6) is 5.88 Å². The summed E-state index contributed by atoms with van der Waals surface area (Å²) >= 11 is 0. The first-order valence-electron chi connectivity index (χ1n) is 8.13. The van der Waals surface area contributed by atoms with Crippen LogP contribution in [-0.2, 0) is 4.74 Å². The molecule has 0 atom stereocenters. The fourth-order valence-electron chi connectivity index (χ4n) is 1.98. The van der Waals surface area contributed by atoms with Crippen molar-refractivity contribution < 1.29 is 14.3 Å². The molecule has 2 aromatic rings. The summed E-state index contributed by atoms with van der Waals surface area (Å²) in [5, 5.41) is 4.75. The molecule has 24 heavy (non-hydrogen) atoms. The van der Waals surface area contributed by atoms with Gasteiger partial charge >= 0.3 is 6.09 Å². The molecule has 0 unspecified atom stereocenters. The highest BCUT2D eigenvalue weighted by atomic mass is 16.6. The first kappa shape index (κ1) is 17.7. The molecule has 6 heteroatoms. The van der Waals surface area contributed by atoms with E-state index in [2.05, 4.69) is 17.0 Å². The zero-order chi connectivity index (χ0) is 17.4. The molecule has 128 valence electrons. The van der Waals surface area contributed by atoms with Crippen LogP contribution >= 0.6 is 0 Å². The van der Waals surface area contributed by atoms with Gasteiger partial charge in [-0.2, -0.15) is 10.1 Å². The second-order valence-electron chi connectivity index (χ2n) is 5.55. The average Bonchev–Trinajstić information content (AvgIpc) is 2.55. The van der Waals surface area contributed by atoms with Gasteiger partial charge in [0.1, 0.15) is 0 Å². The Bertz CT molecular complexity index is 724. The van der Waals surface area contributed by atoms with Gasteiger partial charge in [0.2, 0.25) is 5.88 Å². The number of rotatable bonds is 6. The van der Waals surface area contributed by atoms with Gasteiger partial charge in [-0.25, -0.2) is 9.48 Å². The number of ether oxygens (including phenoxy) is 2. The minimum atomic E-state index is -0.635. The number of para-hydroxylation sites is 1. The Morgan fingerprint density at radius 2 is 2.04 bits per heavy atom. The van der Waals surface area contributed by atoms with Gasteiger partial charge < -0.3 is 9.47 Å². The second-order valence-corrected chi connectivity index (χ2v) is 5.55. The van der Waals surface area contributed by atoms with E-state index in [1.165, 1.54) is 6.20 Å². The molecule has 6 nitrogen and oxygen atoms in total. The molecular formula is C18H23N3O3. The summed E-state index contributed by atoms with van der Waals surface area (Å²) in [7, 11) is 0. The van der Waals surface area contributed by atoms with E-state index in [1.807, 2.05) is 30.3 Å². The smallest absolute Gasteiger partial charge is 0.434 e. The zero-order valence-electron chi connectivity index (χ0n) is 14.3. The first-order valence-corrected chi connectivity index (χ1v) is 8.13. The van der Waals surface area contributed by atoms with Crippen LogP contribution in [-0.4, -0.2) is 28.6 Å². The van der Waals surface area contributed by atoms with Crippen LogP contribution in [0.25, 0.3) is 5.69 Å². The topological polar surface area (TPSA) is 65.7 Å². The normalized spacial score (nSPS) is 11.6. The highest BCUT2D eigenvalue weighted by Gasteiger charge is 2.07. The Labute approximate surface area is 141 Å². The van der Waals surface area contributed by atoms with Crippen molar-refractivity contribution in [3.63, 3.8) is 0 Å². The molecule has 1 aromatic heterocycles. The zero-order valence-corrected chi connectivity index (χ0v) is 14.3. The quantitative estimate of drug-likeness (QED) is 0.761. The van der Waals surface area contributed by atoms with Gasteiger partial charge in [-0.3, -0.25) is 0 Å². The van der Waals surface area contributed by atoms with Crippen LogP contribution in [0.2, 0.25) is 0 Å². The van der Waals surface area contributed by atoms with Crippen LogP contribution < -0.4 is 10.1 Å². The van der Waals surface area contributed by atoms with Crippen molar-refractivity contribution >= 4 is 6.09 Å². The molecule has 0 aliphatic heterocycles. The highest BCUT2D eigenvalue weighted by molar-refractivity contribution is 5.68. The Morgan fingerprint density at radius 3 is 2.71 bits per heavy atom.